The highest BCUT2D eigenvalue weighted by atomic mass is 16.5. The summed E-state index contributed by atoms with van der Waals surface area (Å²) in [5, 5.41) is 10.3. The second-order valence-electron chi connectivity index (χ2n) is 6.00. The van der Waals surface area contributed by atoms with Gasteiger partial charge in [0.25, 0.3) is 0 Å². The Bertz CT molecular complexity index is 409. The molecule has 0 unspecified atom stereocenters. The number of hydrogen-bond acceptors (Lipinski definition) is 3. The van der Waals surface area contributed by atoms with Crippen LogP contribution < -0.4 is 4.74 Å². The van der Waals surface area contributed by atoms with Gasteiger partial charge in [-0.3, -0.25) is 0 Å². The fraction of sp³-hybridized carbons (Fsp3) is 0.556. The van der Waals surface area contributed by atoms with E-state index >= 15 is 0 Å². The van der Waals surface area contributed by atoms with Crippen LogP contribution in [0.15, 0.2) is 36.9 Å². The summed E-state index contributed by atoms with van der Waals surface area (Å²) in [6.45, 7) is 8.92. The summed E-state index contributed by atoms with van der Waals surface area (Å²) in [5.41, 5.74) is 0.485. The highest BCUT2D eigenvalue weighted by molar-refractivity contribution is 5.26. The predicted octanol–water partition coefficient (Wildman–Crippen LogP) is 3.96. The first-order valence-corrected chi connectivity index (χ1v) is 7.51. The number of rotatable bonds is 10. The molecule has 21 heavy (non-hydrogen) atoms. The molecular formula is C18H28O3. The molecule has 0 fully saturated rings. The lowest BCUT2D eigenvalue weighted by Gasteiger charge is -2.26. The minimum Gasteiger partial charge on any atom is -0.497 e. The summed E-state index contributed by atoms with van der Waals surface area (Å²) in [7, 11) is 1.66. The van der Waals surface area contributed by atoms with Gasteiger partial charge < -0.3 is 14.6 Å². The van der Waals surface area contributed by atoms with Crippen LogP contribution in [-0.2, 0) is 11.3 Å². The highest BCUT2D eigenvalue weighted by Crippen LogP contribution is 2.22. The summed E-state index contributed by atoms with van der Waals surface area (Å²) < 4.78 is 10.9. The highest BCUT2D eigenvalue weighted by Gasteiger charge is 2.22. The molecule has 1 N–H and O–H groups in total. The SMILES string of the molecule is C=CCC[C@](C)(O)C[C@@H](C)COCc1ccc(OC)cc1. The van der Waals surface area contributed by atoms with Crippen molar-refractivity contribution >= 4 is 0 Å². The Morgan fingerprint density at radius 1 is 1.33 bits per heavy atom. The molecule has 0 spiro atoms. The molecule has 0 aliphatic heterocycles. The Hall–Kier alpha value is -1.32. The van der Waals surface area contributed by atoms with Gasteiger partial charge in [0.2, 0.25) is 0 Å². The smallest absolute Gasteiger partial charge is 0.118 e. The lowest BCUT2D eigenvalue weighted by molar-refractivity contribution is 0.00572. The Balaban J connectivity index is 2.29. The molecule has 3 nitrogen and oxygen atoms in total. The second kappa shape index (κ2) is 8.85. The van der Waals surface area contributed by atoms with Crippen LogP contribution in [0.5, 0.6) is 5.75 Å². The largest absolute Gasteiger partial charge is 0.497 e. The van der Waals surface area contributed by atoms with E-state index in [-0.39, 0.29) is 0 Å². The number of ether oxygens (including phenoxy) is 2. The van der Waals surface area contributed by atoms with Gasteiger partial charge in [0.05, 0.1) is 19.3 Å². The third-order valence-corrected chi connectivity index (χ3v) is 3.51. The topological polar surface area (TPSA) is 38.7 Å². The van der Waals surface area contributed by atoms with Crippen LogP contribution in [-0.4, -0.2) is 24.4 Å². The lowest BCUT2D eigenvalue weighted by atomic mass is 9.89. The Morgan fingerprint density at radius 2 is 2.00 bits per heavy atom. The van der Waals surface area contributed by atoms with Crippen LogP contribution in [0.1, 0.15) is 38.7 Å². The first-order valence-electron chi connectivity index (χ1n) is 7.51. The molecule has 0 aromatic heterocycles. The van der Waals surface area contributed by atoms with Gasteiger partial charge in [-0.2, -0.15) is 0 Å². The van der Waals surface area contributed by atoms with Crippen LogP contribution in [0, 0.1) is 5.92 Å². The molecule has 2 atom stereocenters. The molecule has 0 amide bonds. The maximum absolute atomic E-state index is 10.3. The van der Waals surface area contributed by atoms with Crippen molar-refractivity contribution in [2.24, 2.45) is 5.92 Å². The zero-order chi connectivity index (χ0) is 15.7. The zero-order valence-corrected chi connectivity index (χ0v) is 13.5. The molecule has 0 radical (unpaired) electrons. The molecular weight excluding hydrogens is 264 g/mol. The van der Waals surface area contributed by atoms with E-state index in [0.29, 0.717) is 19.1 Å². The van der Waals surface area contributed by atoms with Crippen LogP contribution in [0.3, 0.4) is 0 Å². The minimum absolute atomic E-state index is 0.322. The van der Waals surface area contributed by atoms with Crippen molar-refractivity contribution in [3.8, 4) is 5.75 Å². The number of methoxy groups -OCH3 is 1. The van der Waals surface area contributed by atoms with Crippen molar-refractivity contribution in [2.75, 3.05) is 13.7 Å². The Kier molecular flexibility index (Phi) is 7.48. The van der Waals surface area contributed by atoms with E-state index < -0.39 is 5.60 Å². The van der Waals surface area contributed by atoms with Gasteiger partial charge in [0.1, 0.15) is 5.75 Å². The molecule has 1 aromatic carbocycles. The van der Waals surface area contributed by atoms with Gasteiger partial charge in [-0.15, -0.1) is 6.58 Å². The average molecular weight is 292 g/mol. The number of aliphatic hydroxyl groups is 1. The maximum Gasteiger partial charge on any atom is 0.118 e. The van der Waals surface area contributed by atoms with E-state index in [1.165, 1.54) is 0 Å². The predicted molar refractivity (Wildman–Crippen MR) is 86.5 cm³/mol. The van der Waals surface area contributed by atoms with Gasteiger partial charge >= 0.3 is 0 Å². The second-order valence-corrected chi connectivity index (χ2v) is 6.00. The van der Waals surface area contributed by atoms with E-state index in [0.717, 1.165) is 30.6 Å². The summed E-state index contributed by atoms with van der Waals surface area (Å²) in [5.74, 6) is 1.17. The van der Waals surface area contributed by atoms with Crippen molar-refractivity contribution in [1.82, 2.24) is 0 Å². The maximum atomic E-state index is 10.3. The molecule has 118 valence electrons. The summed E-state index contributed by atoms with van der Waals surface area (Å²) in [6.07, 6.45) is 4.18. The van der Waals surface area contributed by atoms with Gasteiger partial charge in [0, 0.05) is 6.61 Å². The van der Waals surface area contributed by atoms with Crippen LogP contribution in [0.25, 0.3) is 0 Å². The zero-order valence-electron chi connectivity index (χ0n) is 13.5. The fourth-order valence-corrected chi connectivity index (χ4v) is 2.42. The summed E-state index contributed by atoms with van der Waals surface area (Å²) >= 11 is 0. The fourth-order valence-electron chi connectivity index (χ4n) is 2.42. The molecule has 0 bridgehead atoms. The quantitative estimate of drug-likeness (QED) is 0.663. The van der Waals surface area contributed by atoms with Gasteiger partial charge in [-0.25, -0.2) is 0 Å². The molecule has 0 saturated carbocycles. The third-order valence-electron chi connectivity index (χ3n) is 3.51. The summed E-state index contributed by atoms with van der Waals surface area (Å²) in [4.78, 5) is 0. The number of hydrogen-bond donors (Lipinski definition) is 1. The minimum atomic E-state index is -0.642. The van der Waals surface area contributed by atoms with Crippen molar-refractivity contribution in [1.29, 1.82) is 0 Å². The summed E-state index contributed by atoms with van der Waals surface area (Å²) in [6, 6.07) is 7.87. The number of allylic oxidation sites excluding steroid dienone is 1. The molecule has 1 rings (SSSR count). The van der Waals surface area contributed by atoms with Crippen LogP contribution in [0.2, 0.25) is 0 Å². The first kappa shape index (κ1) is 17.7. The number of benzene rings is 1. The lowest BCUT2D eigenvalue weighted by Crippen LogP contribution is -2.28. The molecule has 3 heteroatoms. The van der Waals surface area contributed by atoms with Gasteiger partial charge in [0.15, 0.2) is 0 Å². The average Bonchev–Trinajstić information content (AvgIpc) is 2.45. The standard InChI is InChI=1S/C18H28O3/c1-5-6-11-18(3,19)12-15(2)13-21-14-16-7-9-17(20-4)10-8-16/h5,7-10,15,19H,1,6,11-14H2,2-4H3/t15-,18+/m1/s1. The van der Waals surface area contributed by atoms with E-state index in [9.17, 15) is 5.11 Å². The van der Waals surface area contributed by atoms with Crippen molar-refractivity contribution in [3.05, 3.63) is 42.5 Å². The van der Waals surface area contributed by atoms with Crippen molar-refractivity contribution in [2.45, 2.75) is 45.3 Å². The van der Waals surface area contributed by atoms with E-state index in [1.54, 1.807) is 7.11 Å². The van der Waals surface area contributed by atoms with E-state index in [1.807, 2.05) is 37.3 Å². The molecule has 0 saturated heterocycles. The molecule has 1 aromatic rings. The van der Waals surface area contributed by atoms with Crippen LogP contribution in [0.4, 0.5) is 0 Å². The Morgan fingerprint density at radius 3 is 2.57 bits per heavy atom. The van der Waals surface area contributed by atoms with E-state index in [4.69, 9.17) is 9.47 Å². The van der Waals surface area contributed by atoms with Gasteiger partial charge in [-0.05, 0) is 49.8 Å². The monoisotopic (exact) mass is 292 g/mol. The Labute approximate surface area is 128 Å². The molecule has 0 heterocycles. The van der Waals surface area contributed by atoms with Crippen molar-refractivity contribution in [3.63, 3.8) is 0 Å². The normalized spacial score (nSPS) is 15.2. The third kappa shape index (κ3) is 7.30. The molecule has 0 aliphatic rings. The van der Waals surface area contributed by atoms with Gasteiger partial charge in [-0.1, -0.05) is 25.1 Å². The van der Waals surface area contributed by atoms with E-state index in [2.05, 4.69) is 13.5 Å². The molecule has 0 aliphatic carbocycles. The van der Waals surface area contributed by atoms with Crippen LogP contribution >= 0.6 is 0 Å². The first-order chi connectivity index (χ1) is 9.96. The van der Waals surface area contributed by atoms with Crippen molar-refractivity contribution < 1.29 is 14.6 Å².